The van der Waals surface area contributed by atoms with Gasteiger partial charge in [0.05, 0.1) is 16.9 Å². The van der Waals surface area contributed by atoms with Gasteiger partial charge in [-0.2, -0.15) is 0 Å². The molecule has 3 aromatic rings. The number of aryl methyl sites for hydroxylation is 1. The normalized spacial score (nSPS) is 10.8. The third kappa shape index (κ3) is 3.71. The summed E-state index contributed by atoms with van der Waals surface area (Å²) in [6, 6.07) is 6.97. The third-order valence-electron chi connectivity index (χ3n) is 3.81. The van der Waals surface area contributed by atoms with E-state index in [1.807, 2.05) is 26.0 Å². The molecular formula is C18H19N3O3S. The lowest BCUT2D eigenvalue weighted by atomic mass is 10.1. The number of rotatable bonds is 6. The van der Waals surface area contributed by atoms with Gasteiger partial charge in [-0.05, 0) is 43.5 Å². The first-order valence-corrected chi connectivity index (χ1v) is 8.84. The average Bonchev–Trinajstić information content (AvgIpc) is 2.95. The number of phenols is 1. The highest BCUT2D eigenvalue weighted by Crippen LogP contribution is 2.34. The van der Waals surface area contributed by atoms with Crippen molar-refractivity contribution < 1.29 is 14.6 Å². The van der Waals surface area contributed by atoms with Crippen LogP contribution < -0.4 is 10.1 Å². The van der Waals surface area contributed by atoms with E-state index >= 15 is 0 Å². The van der Waals surface area contributed by atoms with Crippen LogP contribution in [0, 0.1) is 6.92 Å². The largest absolute Gasteiger partial charge is 0.508 e. The maximum absolute atomic E-state index is 12.5. The van der Waals surface area contributed by atoms with Gasteiger partial charge >= 0.3 is 0 Å². The smallest absolute Gasteiger partial charge is 0.261 e. The quantitative estimate of drug-likeness (QED) is 0.708. The fourth-order valence-electron chi connectivity index (χ4n) is 2.57. The molecule has 0 radical (unpaired) electrons. The van der Waals surface area contributed by atoms with Gasteiger partial charge in [-0.3, -0.25) is 4.79 Å². The first-order valence-electron chi connectivity index (χ1n) is 8.03. The number of aromatic hydroxyl groups is 1. The molecule has 0 saturated heterocycles. The van der Waals surface area contributed by atoms with Crippen molar-refractivity contribution in [1.29, 1.82) is 0 Å². The lowest BCUT2D eigenvalue weighted by Gasteiger charge is -2.05. The first kappa shape index (κ1) is 17.2. The van der Waals surface area contributed by atoms with Gasteiger partial charge in [0.1, 0.15) is 16.9 Å². The molecule has 0 fully saturated rings. The maximum Gasteiger partial charge on any atom is 0.261 e. The molecule has 1 amide bonds. The number of carbonyl (C=O) groups excluding carboxylic acids is 1. The molecule has 7 heteroatoms. The van der Waals surface area contributed by atoms with Crippen LogP contribution in [-0.2, 0) is 6.42 Å². The highest BCUT2D eigenvalue weighted by atomic mass is 32.1. The number of hydrogen-bond donors (Lipinski definition) is 2. The zero-order valence-electron chi connectivity index (χ0n) is 14.1. The summed E-state index contributed by atoms with van der Waals surface area (Å²) in [5.74, 6) is 0.631. The number of thiophene rings is 1. The molecule has 130 valence electrons. The lowest BCUT2D eigenvalue weighted by Crippen LogP contribution is -2.25. The predicted octanol–water partition coefficient (Wildman–Crippen LogP) is 3.08. The molecular weight excluding hydrogens is 338 g/mol. The first-order chi connectivity index (χ1) is 12.1. The number of hydrogen-bond acceptors (Lipinski definition) is 6. The van der Waals surface area contributed by atoms with Gasteiger partial charge in [0.2, 0.25) is 5.88 Å². The maximum atomic E-state index is 12.5. The summed E-state index contributed by atoms with van der Waals surface area (Å²) in [7, 11) is 0. The Kier molecular flexibility index (Phi) is 5.14. The van der Waals surface area contributed by atoms with Crippen molar-refractivity contribution >= 4 is 27.5 Å². The minimum absolute atomic E-state index is 0.123. The number of benzene rings is 1. The Labute approximate surface area is 149 Å². The minimum Gasteiger partial charge on any atom is -0.508 e. The van der Waals surface area contributed by atoms with Gasteiger partial charge in [0.15, 0.2) is 0 Å². The highest BCUT2D eigenvalue weighted by molar-refractivity contribution is 7.20. The fraction of sp³-hybridized carbons (Fsp3) is 0.278. The van der Waals surface area contributed by atoms with Crippen LogP contribution in [0.1, 0.15) is 27.7 Å². The second-order valence-corrected chi connectivity index (χ2v) is 6.52. The number of amides is 1. The van der Waals surface area contributed by atoms with Crippen LogP contribution in [0.15, 0.2) is 30.6 Å². The second kappa shape index (κ2) is 7.48. The topological polar surface area (TPSA) is 84.3 Å². The van der Waals surface area contributed by atoms with E-state index in [-0.39, 0.29) is 11.7 Å². The van der Waals surface area contributed by atoms with E-state index in [4.69, 9.17) is 4.74 Å². The van der Waals surface area contributed by atoms with Crippen molar-refractivity contribution in [3.8, 4) is 11.6 Å². The van der Waals surface area contributed by atoms with Gasteiger partial charge in [0, 0.05) is 6.54 Å². The number of nitrogens with one attached hydrogen (secondary N) is 1. The predicted molar refractivity (Wildman–Crippen MR) is 97.5 cm³/mol. The van der Waals surface area contributed by atoms with Crippen molar-refractivity contribution in [2.45, 2.75) is 20.3 Å². The van der Waals surface area contributed by atoms with Crippen LogP contribution in [-0.4, -0.2) is 34.1 Å². The van der Waals surface area contributed by atoms with Crippen LogP contribution in [0.4, 0.5) is 0 Å². The number of ether oxygens (including phenoxy) is 1. The summed E-state index contributed by atoms with van der Waals surface area (Å²) in [5.41, 5.74) is 1.89. The van der Waals surface area contributed by atoms with E-state index in [0.29, 0.717) is 30.3 Å². The van der Waals surface area contributed by atoms with Crippen molar-refractivity contribution in [3.05, 3.63) is 46.6 Å². The Balaban J connectivity index is 1.72. The Morgan fingerprint density at radius 3 is 2.76 bits per heavy atom. The monoisotopic (exact) mass is 357 g/mol. The van der Waals surface area contributed by atoms with Gasteiger partial charge in [-0.1, -0.05) is 12.1 Å². The van der Waals surface area contributed by atoms with E-state index in [1.165, 1.54) is 17.7 Å². The summed E-state index contributed by atoms with van der Waals surface area (Å²) >= 11 is 1.34. The Hall–Kier alpha value is -2.67. The Morgan fingerprint density at radius 2 is 2.04 bits per heavy atom. The van der Waals surface area contributed by atoms with E-state index in [2.05, 4.69) is 15.3 Å². The van der Waals surface area contributed by atoms with Gasteiger partial charge in [0.25, 0.3) is 5.91 Å². The van der Waals surface area contributed by atoms with E-state index in [9.17, 15) is 9.90 Å². The van der Waals surface area contributed by atoms with E-state index < -0.39 is 0 Å². The van der Waals surface area contributed by atoms with Crippen molar-refractivity contribution in [1.82, 2.24) is 15.3 Å². The summed E-state index contributed by atoms with van der Waals surface area (Å²) < 4.78 is 5.55. The van der Waals surface area contributed by atoms with Crippen LogP contribution >= 0.6 is 11.3 Å². The van der Waals surface area contributed by atoms with Crippen molar-refractivity contribution in [2.24, 2.45) is 0 Å². The van der Waals surface area contributed by atoms with E-state index in [1.54, 1.807) is 12.1 Å². The van der Waals surface area contributed by atoms with Gasteiger partial charge < -0.3 is 15.2 Å². The molecule has 1 aromatic carbocycles. The minimum atomic E-state index is -0.123. The molecule has 6 nitrogen and oxygen atoms in total. The molecule has 0 aliphatic rings. The summed E-state index contributed by atoms with van der Waals surface area (Å²) in [4.78, 5) is 22.3. The molecule has 3 rings (SSSR count). The molecule has 0 spiro atoms. The Bertz CT molecular complexity index is 890. The van der Waals surface area contributed by atoms with Crippen LogP contribution in [0.25, 0.3) is 10.2 Å². The third-order valence-corrected chi connectivity index (χ3v) is 5.01. The number of aromatic nitrogens is 2. The molecule has 2 heterocycles. The summed E-state index contributed by atoms with van der Waals surface area (Å²) in [6.45, 7) is 4.81. The molecule has 25 heavy (non-hydrogen) atoms. The van der Waals surface area contributed by atoms with Crippen LogP contribution in [0.2, 0.25) is 0 Å². The molecule has 2 N–H and O–H groups in total. The number of nitrogens with zero attached hydrogens (tertiary/aromatic N) is 2. The van der Waals surface area contributed by atoms with Gasteiger partial charge in [-0.25, -0.2) is 9.97 Å². The number of carbonyl (C=O) groups is 1. The van der Waals surface area contributed by atoms with Crippen LogP contribution in [0.5, 0.6) is 11.6 Å². The summed E-state index contributed by atoms with van der Waals surface area (Å²) in [6.07, 6.45) is 2.15. The standard InChI is InChI=1S/C18H19N3O3S/c1-3-24-17-14-11(2)15(25-18(14)21-10-20-17)16(23)19-9-8-12-4-6-13(22)7-5-12/h4-7,10,22H,3,8-9H2,1-2H3,(H,19,23). The fourth-order valence-corrected chi connectivity index (χ4v) is 3.62. The molecule has 0 atom stereocenters. The van der Waals surface area contributed by atoms with Crippen molar-refractivity contribution in [3.63, 3.8) is 0 Å². The molecule has 0 bridgehead atoms. The molecule has 0 saturated carbocycles. The molecule has 2 aromatic heterocycles. The zero-order chi connectivity index (χ0) is 17.8. The molecule has 0 aliphatic heterocycles. The molecule has 0 unspecified atom stereocenters. The number of phenolic OH excluding ortho intramolecular Hbond substituents is 1. The van der Waals surface area contributed by atoms with Crippen LogP contribution in [0.3, 0.4) is 0 Å². The Morgan fingerprint density at radius 1 is 1.28 bits per heavy atom. The van der Waals surface area contributed by atoms with Gasteiger partial charge in [-0.15, -0.1) is 11.3 Å². The average molecular weight is 357 g/mol. The zero-order valence-corrected chi connectivity index (χ0v) is 14.9. The highest BCUT2D eigenvalue weighted by Gasteiger charge is 2.19. The molecule has 0 aliphatic carbocycles. The SMILES string of the molecule is CCOc1ncnc2sc(C(=O)NCCc3ccc(O)cc3)c(C)c12. The summed E-state index contributed by atoms with van der Waals surface area (Å²) in [5, 5.41) is 13.0. The van der Waals surface area contributed by atoms with Crippen molar-refractivity contribution in [2.75, 3.05) is 13.2 Å². The lowest BCUT2D eigenvalue weighted by molar-refractivity contribution is 0.0957. The van der Waals surface area contributed by atoms with E-state index in [0.717, 1.165) is 21.3 Å². The number of fused-ring (bicyclic) bond motifs is 1. The second-order valence-electron chi connectivity index (χ2n) is 5.52.